The van der Waals surface area contributed by atoms with Gasteiger partial charge in [0.05, 0.1) is 0 Å². The minimum absolute atomic E-state index is 0. The Hall–Kier alpha value is 1.21. The molecule has 0 rings (SSSR count). The summed E-state index contributed by atoms with van der Waals surface area (Å²) < 4.78 is 1.28. The predicted molar refractivity (Wildman–Crippen MR) is 29.1 cm³/mol. The Balaban J connectivity index is 0. The first-order valence-corrected chi connectivity index (χ1v) is 3.21. The van der Waals surface area contributed by atoms with E-state index in [-0.39, 0.29) is 17.0 Å². The normalized spacial score (nSPS) is 8.71. The van der Waals surface area contributed by atoms with Crippen LogP contribution >= 0.6 is 0 Å². The number of halogens is 1. The smallest absolute Gasteiger partial charge is 1.00 e. The summed E-state index contributed by atoms with van der Waals surface area (Å²) in [6.07, 6.45) is 0. The second kappa shape index (κ2) is 7.21. The van der Waals surface area contributed by atoms with Gasteiger partial charge in [-0.2, -0.15) is 0 Å². The molecule has 0 aliphatic rings. The van der Waals surface area contributed by atoms with E-state index in [2.05, 4.69) is 19.0 Å². The van der Waals surface area contributed by atoms with E-state index >= 15 is 0 Å². The summed E-state index contributed by atoms with van der Waals surface area (Å²) in [7, 11) is 4.18. The molecule has 0 aliphatic heterocycles. The molecule has 40 valence electrons. The van der Waals surface area contributed by atoms with Gasteiger partial charge in [-0.05, 0) is 0 Å². The Kier molecular flexibility index (Phi) is 11.4. The molecule has 0 aromatic heterocycles. The molecule has 0 unspecified atom stereocenters. The Morgan fingerprint density at radius 1 is 1.43 bits per heavy atom. The molecule has 0 aromatic rings. The predicted octanol–water partition coefficient (Wildman–Crippen LogP) is -2.86. The first-order chi connectivity index (χ1) is 2.77. The van der Waals surface area contributed by atoms with Crippen LogP contribution in [0.1, 0.15) is 0 Å². The molecule has 0 aromatic carbocycles. The maximum Gasteiger partial charge on any atom is -1.00 e. The Morgan fingerprint density at radius 3 is 1.86 bits per heavy atom. The summed E-state index contributed by atoms with van der Waals surface area (Å²) in [6.45, 7) is 1.22. The summed E-state index contributed by atoms with van der Waals surface area (Å²) in [5.74, 6) is 0. The van der Waals surface area contributed by atoms with Crippen molar-refractivity contribution in [1.82, 2.24) is 4.90 Å². The van der Waals surface area contributed by atoms with Crippen LogP contribution < -0.4 is 17.0 Å². The summed E-state index contributed by atoms with van der Waals surface area (Å²) in [4.78, 5) is 2.19. The topological polar surface area (TPSA) is 3.24 Å². The Morgan fingerprint density at radius 2 is 1.86 bits per heavy atom. The molecule has 0 aliphatic carbocycles. The van der Waals surface area contributed by atoms with Crippen LogP contribution in [0.4, 0.5) is 0 Å². The van der Waals surface area contributed by atoms with Crippen molar-refractivity contribution in [3.05, 3.63) is 0 Å². The van der Waals surface area contributed by atoms with Gasteiger partial charge >= 0.3 is 51.8 Å². The molecule has 7 heavy (non-hydrogen) atoms. The van der Waals surface area contributed by atoms with Gasteiger partial charge in [0.25, 0.3) is 0 Å². The average Bonchev–Trinajstić information content (AvgIpc) is 1.35. The zero-order valence-corrected chi connectivity index (χ0v) is 7.95. The second-order valence-electron chi connectivity index (χ2n) is 1.66. The molecule has 0 bridgehead atoms. The van der Waals surface area contributed by atoms with Crippen LogP contribution in [0.15, 0.2) is 0 Å². The maximum absolute atomic E-state index is 2.19. The van der Waals surface area contributed by atoms with E-state index in [1.54, 1.807) is 0 Å². The maximum atomic E-state index is 2.19. The SMILES string of the molecule is CN(C)C[CH2][Mg+].[Br-]. The molecule has 0 fully saturated rings. The third kappa shape index (κ3) is 11.0. The monoisotopic (exact) mass is 175 g/mol. The number of hydrogen-bond donors (Lipinski definition) is 0. The van der Waals surface area contributed by atoms with Crippen LogP contribution in [0.25, 0.3) is 0 Å². The van der Waals surface area contributed by atoms with Crippen molar-refractivity contribution in [3.8, 4) is 0 Å². The van der Waals surface area contributed by atoms with Gasteiger partial charge in [0, 0.05) is 0 Å². The quantitative estimate of drug-likeness (QED) is 0.409. The van der Waals surface area contributed by atoms with Gasteiger partial charge in [0.1, 0.15) is 0 Å². The molecule has 3 heteroatoms. The number of rotatable bonds is 2. The van der Waals surface area contributed by atoms with Gasteiger partial charge in [0.2, 0.25) is 0 Å². The van der Waals surface area contributed by atoms with Gasteiger partial charge in [-0.15, -0.1) is 0 Å². The van der Waals surface area contributed by atoms with Crippen LogP contribution in [0.3, 0.4) is 0 Å². The molecule has 0 saturated heterocycles. The minimum Gasteiger partial charge on any atom is -1.00 e. The third-order valence-electron chi connectivity index (χ3n) is 0.605. The van der Waals surface area contributed by atoms with E-state index in [1.807, 2.05) is 21.7 Å². The van der Waals surface area contributed by atoms with Crippen molar-refractivity contribution < 1.29 is 17.0 Å². The minimum atomic E-state index is 0. The van der Waals surface area contributed by atoms with Gasteiger partial charge in [-0.1, -0.05) is 0 Å². The van der Waals surface area contributed by atoms with Crippen molar-refractivity contribution in [1.29, 1.82) is 0 Å². The molecule has 0 radical (unpaired) electrons. The number of nitrogens with zero attached hydrogens (tertiary/aromatic N) is 1. The van der Waals surface area contributed by atoms with Crippen molar-refractivity contribution >= 4 is 21.7 Å². The fourth-order valence-electron chi connectivity index (χ4n) is 0.316. The molecular weight excluding hydrogens is 166 g/mol. The first kappa shape index (κ1) is 11.1. The van der Waals surface area contributed by atoms with Gasteiger partial charge in [-0.3, -0.25) is 0 Å². The molecule has 1 nitrogen and oxygen atoms in total. The van der Waals surface area contributed by atoms with Crippen molar-refractivity contribution in [2.75, 3.05) is 20.6 Å². The summed E-state index contributed by atoms with van der Waals surface area (Å²) in [6, 6.07) is 0. The molecule has 0 heterocycles. The summed E-state index contributed by atoms with van der Waals surface area (Å²) in [5, 5.41) is 0. The summed E-state index contributed by atoms with van der Waals surface area (Å²) in [5.41, 5.74) is 0. The fourth-order valence-corrected chi connectivity index (χ4v) is 0.949. The van der Waals surface area contributed by atoms with E-state index in [0.717, 1.165) is 0 Å². The van der Waals surface area contributed by atoms with Gasteiger partial charge < -0.3 is 17.0 Å². The van der Waals surface area contributed by atoms with Crippen LogP contribution in [0.2, 0.25) is 4.55 Å². The molecule has 0 N–H and O–H groups in total. The fraction of sp³-hybridized carbons (Fsp3) is 1.00. The van der Waals surface area contributed by atoms with E-state index in [9.17, 15) is 0 Å². The molecule has 0 spiro atoms. The standard InChI is InChI=1S/C4H10N.BrH.Mg/c1-4-5(2)3;;/h1,4H2,2-3H3;1H;/q;;+1/p-1. The average molecular weight is 176 g/mol. The van der Waals surface area contributed by atoms with Crippen LogP contribution in [0.5, 0.6) is 0 Å². The van der Waals surface area contributed by atoms with E-state index in [4.69, 9.17) is 0 Å². The molecule has 0 saturated carbocycles. The third-order valence-corrected chi connectivity index (χ3v) is 0.922. The van der Waals surface area contributed by atoms with E-state index in [0.29, 0.717) is 0 Å². The van der Waals surface area contributed by atoms with Crippen molar-refractivity contribution in [2.45, 2.75) is 4.55 Å². The van der Waals surface area contributed by atoms with Crippen molar-refractivity contribution in [3.63, 3.8) is 0 Å². The van der Waals surface area contributed by atoms with E-state index in [1.165, 1.54) is 11.1 Å². The van der Waals surface area contributed by atoms with Crippen molar-refractivity contribution in [2.24, 2.45) is 0 Å². The Bertz CT molecular complexity index is 32.9. The zero-order valence-electron chi connectivity index (χ0n) is 4.95. The number of hydrogen-bond acceptors (Lipinski definition) is 1. The largest absolute Gasteiger partial charge is 1.00 e. The van der Waals surface area contributed by atoms with E-state index < -0.39 is 0 Å². The van der Waals surface area contributed by atoms with Gasteiger partial charge in [-0.25, -0.2) is 0 Å². The molecular formula is C4H10BrMgN. The molecule has 0 atom stereocenters. The molecule has 0 amide bonds. The van der Waals surface area contributed by atoms with Crippen LogP contribution in [-0.4, -0.2) is 47.2 Å². The summed E-state index contributed by atoms with van der Waals surface area (Å²) >= 11 is 2.01. The second-order valence-corrected chi connectivity index (χ2v) is 2.36. The Labute approximate surface area is 68.7 Å². The van der Waals surface area contributed by atoms with Crippen LogP contribution in [0, 0.1) is 0 Å². The first-order valence-electron chi connectivity index (χ1n) is 2.21. The van der Waals surface area contributed by atoms with Crippen LogP contribution in [-0.2, 0) is 0 Å². The zero-order chi connectivity index (χ0) is 4.99. The van der Waals surface area contributed by atoms with Gasteiger partial charge in [0.15, 0.2) is 0 Å².